The van der Waals surface area contributed by atoms with Gasteiger partial charge in [-0.1, -0.05) is 19.9 Å². The lowest BCUT2D eigenvalue weighted by Gasteiger charge is -2.21. The van der Waals surface area contributed by atoms with E-state index >= 15 is 0 Å². The Kier molecular flexibility index (Phi) is 6.59. The van der Waals surface area contributed by atoms with Crippen LogP contribution in [0.25, 0.3) is 0 Å². The lowest BCUT2D eigenvalue weighted by Crippen LogP contribution is -2.46. The topological polar surface area (TPSA) is 92.8 Å². The highest BCUT2D eigenvalue weighted by atomic mass is 19.1. The van der Waals surface area contributed by atoms with Gasteiger partial charge in [0.25, 0.3) is 11.8 Å². The summed E-state index contributed by atoms with van der Waals surface area (Å²) in [6, 6.07) is 1.73. The van der Waals surface area contributed by atoms with E-state index in [1.165, 1.54) is 0 Å². The van der Waals surface area contributed by atoms with Crippen LogP contribution >= 0.6 is 0 Å². The Morgan fingerprint density at radius 3 is 2.37 bits per heavy atom. The molecular weight excluding hydrogens is 362 g/mol. The number of esters is 1. The summed E-state index contributed by atoms with van der Waals surface area (Å²) in [4.78, 5) is 48.9. The Balaban J connectivity index is 2.01. The number of hydrogen-bond donors (Lipinski definition) is 1. The largest absolute Gasteiger partial charge is 0.454 e. The Bertz CT molecular complexity index is 746. The molecular formula is C18H20F2N2O5. The van der Waals surface area contributed by atoms with E-state index < -0.39 is 53.5 Å². The van der Waals surface area contributed by atoms with Crippen molar-refractivity contribution in [1.29, 1.82) is 0 Å². The van der Waals surface area contributed by atoms with Gasteiger partial charge < -0.3 is 10.1 Å². The summed E-state index contributed by atoms with van der Waals surface area (Å²) in [5.41, 5.74) is -0.810. The molecule has 0 radical (unpaired) electrons. The average Bonchev–Trinajstić information content (AvgIpc) is 3.03. The first-order chi connectivity index (χ1) is 12.7. The lowest BCUT2D eigenvalue weighted by atomic mass is 10.0. The molecule has 0 aromatic heterocycles. The minimum atomic E-state index is -1.22. The zero-order valence-corrected chi connectivity index (χ0v) is 15.0. The molecule has 1 fully saturated rings. The highest BCUT2D eigenvalue weighted by Crippen LogP contribution is 2.14. The van der Waals surface area contributed by atoms with Gasteiger partial charge in [-0.2, -0.15) is 0 Å². The first-order valence-corrected chi connectivity index (χ1v) is 8.47. The molecule has 1 saturated heterocycles. The fourth-order valence-electron chi connectivity index (χ4n) is 2.64. The predicted octanol–water partition coefficient (Wildman–Crippen LogP) is 1.41. The van der Waals surface area contributed by atoms with Gasteiger partial charge in [-0.05, 0) is 24.5 Å². The molecule has 146 valence electrons. The molecule has 3 amide bonds. The SMILES string of the molecule is CC(C)[C@H](NC(=O)c1c(F)cccc1F)C(=O)OCC(=O)N1CCCC1=O. The maximum Gasteiger partial charge on any atom is 0.329 e. The maximum atomic E-state index is 13.7. The van der Waals surface area contributed by atoms with Crippen molar-refractivity contribution in [3.8, 4) is 0 Å². The van der Waals surface area contributed by atoms with Crippen molar-refractivity contribution >= 4 is 23.7 Å². The smallest absolute Gasteiger partial charge is 0.329 e. The van der Waals surface area contributed by atoms with Crippen LogP contribution in [0.4, 0.5) is 8.78 Å². The first kappa shape index (κ1) is 20.5. The maximum absolute atomic E-state index is 13.7. The number of imide groups is 1. The Morgan fingerprint density at radius 1 is 1.22 bits per heavy atom. The molecule has 2 rings (SSSR count). The van der Waals surface area contributed by atoms with Crippen molar-refractivity contribution in [3.63, 3.8) is 0 Å². The van der Waals surface area contributed by atoms with Crippen LogP contribution in [0.5, 0.6) is 0 Å². The summed E-state index contributed by atoms with van der Waals surface area (Å²) in [7, 11) is 0. The zero-order chi connectivity index (χ0) is 20.1. The van der Waals surface area contributed by atoms with Gasteiger partial charge in [0.05, 0.1) is 0 Å². The van der Waals surface area contributed by atoms with Crippen LogP contribution in [0.3, 0.4) is 0 Å². The van der Waals surface area contributed by atoms with Gasteiger partial charge >= 0.3 is 5.97 Å². The highest BCUT2D eigenvalue weighted by molar-refractivity contribution is 5.99. The van der Waals surface area contributed by atoms with Crippen LogP contribution in [-0.2, 0) is 19.1 Å². The fraction of sp³-hybridized carbons (Fsp3) is 0.444. The fourth-order valence-corrected chi connectivity index (χ4v) is 2.64. The van der Waals surface area contributed by atoms with Crippen LogP contribution in [0.1, 0.15) is 37.0 Å². The number of halogens is 2. The molecule has 9 heteroatoms. The molecule has 1 N–H and O–H groups in total. The summed E-state index contributed by atoms with van der Waals surface area (Å²) < 4.78 is 32.3. The minimum Gasteiger partial charge on any atom is -0.454 e. The van der Waals surface area contributed by atoms with E-state index in [4.69, 9.17) is 4.74 Å². The van der Waals surface area contributed by atoms with Crippen molar-refractivity contribution in [2.24, 2.45) is 5.92 Å². The van der Waals surface area contributed by atoms with Crippen LogP contribution < -0.4 is 5.32 Å². The molecule has 0 saturated carbocycles. The number of nitrogens with one attached hydrogen (secondary N) is 1. The summed E-state index contributed by atoms with van der Waals surface area (Å²) in [6.45, 7) is 2.80. The Hall–Kier alpha value is -2.84. The van der Waals surface area contributed by atoms with Crippen LogP contribution in [0, 0.1) is 17.6 Å². The second-order valence-electron chi connectivity index (χ2n) is 6.44. The number of amides is 3. The average molecular weight is 382 g/mol. The summed E-state index contributed by atoms with van der Waals surface area (Å²) in [5, 5.41) is 2.23. The third kappa shape index (κ3) is 4.87. The van der Waals surface area contributed by atoms with Gasteiger partial charge in [0.1, 0.15) is 23.2 Å². The van der Waals surface area contributed by atoms with Gasteiger partial charge in [-0.3, -0.25) is 19.3 Å². The monoisotopic (exact) mass is 382 g/mol. The number of likely N-dealkylation sites (tertiary alicyclic amines) is 1. The second-order valence-corrected chi connectivity index (χ2v) is 6.44. The number of benzene rings is 1. The minimum absolute atomic E-state index is 0.262. The molecule has 27 heavy (non-hydrogen) atoms. The quantitative estimate of drug-likeness (QED) is 0.751. The molecule has 1 aromatic carbocycles. The number of nitrogens with zero attached hydrogens (tertiary/aromatic N) is 1. The Labute approximate surface area is 154 Å². The van der Waals surface area contributed by atoms with Gasteiger partial charge in [0.2, 0.25) is 5.91 Å². The van der Waals surface area contributed by atoms with E-state index in [0.717, 1.165) is 23.1 Å². The van der Waals surface area contributed by atoms with Crippen molar-refractivity contribution in [3.05, 3.63) is 35.4 Å². The van der Waals surface area contributed by atoms with E-state index in [1.54, 1.807) is 13.8 Å². The number of carbonyl (C=O) groups is 4. The molecule has 0 bridgehead atoms. The second kappa shape index (κ2) is 8.70. The van der Waals surface area contributed by atoms with Crippen LogP contribution in [-0.4, -0.2) is 47.8 Å². The summed E-state index contributed by atoms with van der Waals surface area (Å²) in [6.07, 6.45) is 0.815. The van der Waals surface area contributed by atoms with Crippen molar-refractivity contribution < 1.29 is 32.7 Å². The molecule has 1 heterocycles. The van der Waals surface area contributed by atoms with Crippen molar-refractivity contribution in [2.75, 3.05) is 13.2 Å². The first-order valence-electron chi connectivity index (χ1n) is 8.47. The van der Waals surface area contributed by atoms with Gasteiger partial charge in [-0.25, -0.2) is 13.6 Å². The highest BCUT2D eigenvalue weighted by Gasteiger charge is 2.31. The lowest BCUT2D eigenvalue weighted by molar-refractivity contribution is -0.156. The number of rotatable bonds is 6. The molecule has 0 spiro atoms. The Morgan fingerprint density at radius 2 is 1.85 bits per heavy atom. The van der Waals surface area contributed by atoms with E-state index in [2.05, 4.69) is 5.32 Å². The zero-order valence-electron chi connectivity index (χ0n) is 15.0. The number of hydrogen-bond acceptors (Lipinski definition) is 5. The van der Waals surface area contributed by atoms with E-state index in [0.29, 0.717) is 6.42 Å². The van der Waals surface area contributed by atoms with Crippen molar-refractivity contribution in [2.45, 2.75) is 32.7 Å². The van der Waals surface area contributed by atoms with E-state index in [1.807, 2.05) is 0 Å². The van der Waals surface area contributed by atoms with E-state index in [9.17, 15) is 28.0 Å². The molecule has 1 aliphatic heterocycles. The van der Waals surface area contributed by atoms with Crippen LogP contribution in [0.15, 0.2) is 18.2 Å². The van der Waals surface area contributed by atoms with Crippen LogP contribution in [0.2, 0.25) is 0 Å². The van der Waals surface area contributed by atoms with E-state index in [-0.39, 0.29) is 18.9 Å². The summed E-state index contributed by atoms with van der Waals surface area (Å²) in [5.74, 6) is -5.63. The molecule has 1 atom stereocenters. The molecule has 1 aliphatic rings. The third-order valence-electron chi connectivity index (χ3n) is 4.11. The van der Waals surface area contributed by atoms with Crippen molar-refractivity contribution in [1.82, 2.24) is 10.2 Å². The molecule has 7 nitrogen and oxygen atoms in total. The normalized spacial score (nSPS) is 15.0. The van der Waals surface area contributed by atoms with Gasteiger partial charge in [0.15, 0.2) is 6.61 Å². The summed E-state index contributed by atoms with van der Waals surface area (Å²) >= 11 is 0. The third-order valence-corrected chi connectivity index (χ3v) is 4.11. The standard InChI is InChI=1S/C18H20F2N2O5/c1-10(2)16(21-17(25)15-11(19)5-3-6-12(15)20)18(26)27-9-14(24)22-8-4-7-13(22)23/h3,5-6,10,16H,4,7-9H2,1-2H3,(H,21,25)/t16-/m0/s1. The van der Waals surface area contributed by atoms with Gasteiger partial charge in [-0.15, -0.1) is 0 Å². The predicted molar refractivity (Wildman–Crippen MR) is 89.4 cm³/mol. The van der Waals surface area contributed by atoms with Gasteiger partial charge in [0, 0.05) is 13.0 Å². The number of carbonyl (C=O) groups excluding carboxylic acids is 4. The molecule has 0 aliphatic carbocycles. The molecule has 1 aromatic rings. The molecule has 0 unspecified atom stereocenters. The number of ether oxygens (including phenoxy) is 1.